The maximum atomic E-state index is 12.0. The van der Waals surface area contributed by atoms with E-state index in [2.05, 4.69) is 5.32 Å². The zero-order chi connectivity index (χ0) is 16.3. The van der Waals surface area contributed by atoms with Crippen molar-refractivity contribution in [1.29, 1.82) is 0 Å². The lowest BCUT2D eigenvalue weighted by molar-refractivity contribution is -0.117. The third kappa shape index (κ3) is 4.34. The highest BCUT2D eigenvalue weighted by atomic mass is 35.5. The van der Waals surface area contributed by atoms with Crippen molar-refractivity contribution in [3.63, 3.8) is 0 Å². The summed E-state index contributed by atoms with van der Waals surface area (Å²) in [5.74, 6) is 0.629. The van der Waals surface area contributed by atoms with Crippen LogP contribution in [-0.4, -0.2) is 57.5 Å². The van der Waals surface area contributed by atoms with E-state index in [1.54, 1.807) is 30.1 Å². The van der Waals surface area contributed by atoms with Crippen molar-refractivity contribution in [3.05, 3.63) is 23.2 Å². The number of hydrogen-bond donors (Lipinski definition) is 1. The largest absolute Gasteiger partial charge is 0.495 e. The summed E-state index contributed by atoms with van der Waals surface area (Å²) in [4.78, 5) is 13.8. The summed E-state index contributed by atoms with van der Waals surface area (Å²) in [6.07, 6.45) is 0.570. The predicted octanol–water partition coefficient (Wildman–Crippen LogP) is 1.41. The van der Waals surface area contributed by atoms with E-state index in [0.717, 1.165) is 0 Å². The van der Waals surface area contributed by atoms with Crippen LogP contribution in [-0.2, 0) is 14.6 Å². The number of anilines is 1. The molecule has 1 N–H and O–H groups in total. The second kappa shape index (κ2) is 6.85. The minimum atomic E-state index is -2.95. The van der Waals surface area contributed by atoms with E-state index in [9.17, 15) is 13.2 Å². The molecule has 1 aliphatic heterocycles. The normalized spacial score (nSPS) is 20.1. The van der Waals surface area contributed by atoms with Crippen molar-refractivity contribution in [1.82, 2.24) is 4.90 Å². The van der Waals surface area contributed by atoms with Gasteiger partial charge < -0.3 is 10.1 Å². The Balaban J connectivity index is 1.91. The van der Waals surface area contributed by atoms with Gasteiger partial charge in [0.1, 0.15) is 5.75 Å². The lowest BCUT2D eigenvalue weighted by atomic mass is 10.2. The number of likely N-dealkylation sites (N-methyl/N-ethyl adjacent to an activating group) is 1. The maximum absolute atomic E-state index is 12.0. The molecule has 1 atom stereocenters. The van der Waals surface area contributed by atoms with Gasteiger partial charge in [0.05, 0.1) is 30.2 Å². The molecule has 0 spiro atoms. The smallest absolute Gasteiger partial charge is 0.238 e. The molecule has 0 unspecified atom stereocenters. The molecule has 0 radical (unpaired) electrons. The molecule has 1 saturated heterocycles. The monoisotopic (exact) mass is 346 g/mol. The standard InChI is InChI=1S/C14H19ClN2O4S/c1-17(11-5-6-22(19,20)9-11)8-14(18)16-10-3-4-13(21-2)12(15)7-10/h3-4,7,11H,5-6,8-9H2,1-2H3,(H,16,18)/t11-/m1/s1. The van der Waals surface area contributed by atoms with Crippen LogP contribution in [0.3, 0.4) is 0 Å². The van der Waals surface area contributed by atoms with Gasteiger partial charge in [-0.25, -0.2) is 8.42 Å². The second-order valence-electron chi connectivity index (χ2n) is 5.37. The van der Waals surface area contributed by atoms with Gasteiger partial charge in [0.25, 0.3) is 0 Å². The van der Waals surface area contributed by atoms with Crippen molar-refractivity contribution >= 4 is 33.0 Å². The molecule has 6 nitrogen and oxygen atoms in total. The van der Waals surface area contributed by atoms with Gasteiger partial charge >= 0.3 is 0 Å². The number of methoxy groups -OCH3 is 1. The molecule has 1 aromatic rings. The molecule has 8 heteroatoms. The van der Waals surface area contributed by atoms with Gasteiger partial charge in [-0.3, -0.25) is 9.69 Å². The molecule has 0 aliphatic carbocycles. The Morgan fingerprint density at radius 1 is 1.50 bits per heavy atom. The van der Waals surface area contributed by atoms with Gasteiger partial charge in [-0.05, 0) is 31.7 Å². The van der Waals surface area contributed by atoms with Crippen molar-refractivity contribution in [2.24, 2.45) is 0 Å². The van der Waals surface area contributed by atoms with Gasteiger partial charge in [-0.1, -0.05) is 11.6 Å². The molecule has 1 aliphatic rings. The van der Waals surface area contributed by atoms with Gasteiger partial charge in [0, 0.05) is 11.7 Å². The minimum absolute atomic E-state index is 0.102. The maximum Gasteiger partial charge on any atom is 0.238 e. The molecular formula is C14H19ClN2O4S. The molecule has 0 bridgehead atoms. The minimum Gasteiger partial charge on any atom is -0.495 e. The summed E-state index contributed by atoms with van der Waals surface area (Å²) < 4.78 is 28.0. The number of sulfone groups is 1. The molecule has 122 valence electrons. The first-order valence-electron chi connectivity index (χ1n) is 6.85. The summed E-state index contributed by atoms with van der Waals surface area (Å²) >= 11 is 6.00. The molecule has 0 aromatic heterocycles. The van der Waals surface area contributed by atoms with Crippen LogP contribution in [0, 0.1) is 0 Å². The fourth-order valence-corrected chi connectivity index (χ4v) is 4.49. The van der Waals surface area contributed by atoms with E-state index >= 15 is 0 Å². The first-order valence-corrected chi connectivity index (χ1v) is 9.05. The number of carbonyl (C=O) groups excluding carboxylic acids is 1. The number of amides is 1. The Morgan fingerprint density at radius 2 is 2.23 bits per heavy atom. The Hall–Kier alpha value is -1.31. The van der Waals surface area contributed by atoms with Crippen molar-refractivity contribution in [2.45, 2.75) is 12.5 Å². The van der Waals surface area contributed by atoms with E-state index in [-0.39, 0.29) is 30.0 Å². The molecule has 1 amide bonds. The highest BCUT2D eigenvalue weighted by Gasteiger charge is 2.31. The average molecular weight is 347 g/mol. The molecule has 22 heavy (non-hydrogen) atoms. The lowest BCUT2D eigenvalue weighted by Crippen LogP contribution is -2.38. The SMILES string of the molecule is COc1ccc(NC(=O)CN(C)[C@@H]2CCS(=O)(=O)C2)cc1Cl. The van der Waals surface area contributed by atoms with Crippen LogP contribution < -0.4 is 10.1 Å². The first-order chi connectivity index (χ1) is 10.3. The molecule has 1 fully saturated rings. The van der Waals surface area contributed by atoms with Crippen molar-refractivity contribution in [3.8, 4) is 5.75 Å². The van der Waals surface area contributed by atoms with Crippen LogP contribution in [0.1, 0.15) is 6.42 Å². The van der Waals surface area contributed by atoms with Crippen LogP contribution in [0.5, 0.6) is 5.75 Å². The summed E-state index contributed by atoms with van der Waals surface area (Å²) in [5, 5.41) is 3.15. The van der Waals surface area contributed by atoms with Crippen LogP contribution in [0.2, 0.25) is 5.02 Å². The van der Waals surface area contributed by atoms with Gasteiger partial charge in [-0.2, -0.15) is 0 Å². The fourth-order valence-electron chi connectivity index (χ4n) is 2.42. The summed E-state index contributed by atoms with van der Waals surface area (Å²) in [6.45, 7) is 0.129. The van der Waals surface area contributed by atoms with E-state index < -0.39 is 9.84 Å². The number of rotatable bonds is 5. The van der Waals surface area contributed by atoms with Crippen LogP contribution in [0.15, 0.2) is 18.2 Å². The zero-order valence-electron chi connectivity index (χ0n) is 12.5. The molecule has 1 aromatic carbocycles. The summed E-state index contributed by atoms with van der Waals surface area (Å²) in [5.41, 5.74) is 0.572. The molecule has 0 saturated carbocycles. The molecular weight excluding hydrogens is 328 g/mol. The Morgan fingerprint density at radius 3 is 2.77 bits per heavy atom. The number of ether oxygens (including phenoxy) is 1. The number of hydrogen-bond acceptors (Lipinski definition) is 5. The third-order valence-electron chi connectivity index (χ3n) is 3.66. The lowest BCUT2D eigenvalue weighted by Gasteiger charge is -2.22. The zero-order valence-corrected chi connectivity index (χ0v) is 14.1. The predicted molar refractivity (Wildman–Crippen MR) is 86.3 cm³/mol. The van der Waals surface area contributed by atoms with Gasteiger partial charge in [0.15, 0.2) is 9.84 Å². The van der Waals surface area contributed by atoms with E-state index in [4.69, 9.17) is 16.3 Å². The van der Waals surface area contributed by atoms with Crippen LogP contribution >= 0.6 is 11.6 Å². The Kier molecular flexibility index (Phi) is 5.31. The third-order valence-corrected chi connectivity index (χ3v) is 5.71. The number of nitrogens with one attached hydrogen (secondary N) is 1. The molecule has 1 heterocycles. The highest BCUT2D eigenvalue weighted by molar-refractivity contribution is 7.91. The van der Waals surface area contributed by atoms with E-state index in [0.29, 0.717) is 22.9 Å². The summed E-state index contributed by atoms with van der Waals surface area (Å²) in [7, 11) is 0.321. The number of halogens is 1. The first kappa shape index (κ1) is 17.1. The van der Waals surface area contributed by atoms with E-state index in [1.165, 1.54) is 7.11 Å². The van der Waals surface area contributed by atoms with Gasteiger partial charge in [0.2, 0.25) is 5.91 Å². The summed E-state index contributed by atoms with van der Waals surface area (Å²) in [6, 6.07) is 4.88. The average Bonchev–Trinajstić information content (AvgIpc) is 2.79. The Bertz CT molecular complexity index is 663. The quantitative estimate of drug-likeness (QED) is 0.872. The van der Waals surface area contributed by atoms with Crippen molar-refractivity contribution in [2.75, 3.05) is 37.5 Å². The highest BCUT2D eigenvalue weighted by Crippen LogP contribution is 2.27. The van der Waals surface area contributed by atoms with E-state index in [1.807, 2.05) is 0 Å². The topological polar surface area (TPSA) is 75.7 Å². The van der Waals surface area contributed by atoms with Crippen molar-refractivity contribution < 1.29 is 17.9 Å². The van der Waals surface area contributed by atoms with Gasteiger partial charge in [-0.15, -0.1) is 0 Å². The number of nitrogens with zero attached hydrogens (tertiary/aromatic N) is 1. The Labute approximate surface area is 135 Å². The number of benzene rings is 1. The number of carbonyl (C=O) groups is 1. The van der Waals surface area contributed by atoms with Crippen LogP contribution in [0.25, 0.3) is 0 Å². The van der Waals surface area contributed by atoms with Crippen LogP contribution in [0.4, 0.5) is 5.69 Å². The second-order valence-corrected chi connectivity index (χ2v) is 8.01. The molecule has 2 rings (SSSR count). The fraction of sp³-hybridized carbons (Fsp3) is 0.500.